The smallest absolute Gasteiger partial charge is 0.234 e. The van der Waals surface area contributed by atoms with E-state index in [0.717, 1.165) is 39.0 Å². The fourth-order valence-corrected chi connectivity index (χ4v) is 3.23. The molecule has 1 heterocycles. The van der Waals surface area contributed by atoms with Crippen LogP contribution in [0.25, 0.3) is 0 Å². The van der Waals surface area contributed by atoms with E-state index in [1.165, 1.54) is 19.3 Å². The maximum atomic E-state index is 12.2. The van der Waals surface area contributed by atoms with Crippen molar-refractivity contribution in [3.05, 3.63) is 0 Å². The molecule has 110 valence electrons. The van der Waals surface area contributed by atoms with Gasteiger partial charge in [-0.3, -0.25) is 10.2 Å². The number of rotatable bonds is 4. The van der Waals surface area contributed by atoms with Crippen molar-refractivity contribution in [3.8, 4) is 0 Å². The van der Waals surface area contributed by atoms with Gasteiger partial charge in [-0.1, -0.05) is 19.3 Å². The van der Waals surface area contributed by atoms with E-state index in [2.05, 4.69) is 22.4 Å². The van der Waals surface area contributed by atoms with E-state index < -0.39 is 0 Å². The molecule has 1 amide bonds. The van der Waals surface area contributed by atoms with Gasteiger partial charge in [0, 0.05) is 32.6 Å². The van der Waals surface area contributed by atoms with Gasteiger partial charge < -0.3 is 10.6 Å². The standard InChI is InChI=1S/C14H28N4O/c1-17-7-9-18(10-8-17)16-13(19)11-14(12-15)5-3-2-4-6-14/h2-12,15H2,1H3,(H,16,19). The van der Waals surface area contributed by atoms with E-state index in [1.54, 1.807) is 0 Å². The van der Waals surface area contributed by atoms with Gasteiger partial charge in [0.2, 0.25) is 5.91 Å². The minimum absolute atomic E-state index is 0.0644. The van der Waals surface area contributed by atoms with Crippen molar-refractivity contribution in [2.75, 3.05) is 39.8 Å². The number of hydrogen-bond donors (Lipinski definition) is 2. The zero-order chi connectivity index (χ0) is 13.7. The number of carbonyl (C=O) groups excluding carboxylic acids is 1. The third kappa shape index (κ3) is 4.16. The topological polar surface area (TPSA) is 61.6 Å². The molecule has 2 rings (SSSR count). The number of nitrogens with one attached hydrogen (secondary N) is 1. The fourth-order valence-electron chi connectivity index (χ4n) is 3.23. The van der Waals surface area contributed by atoms with Crippen LogP contribution < -0.4 is 11.2 Å². The second-order valence-electron chi connectivity index (χ2n) is 6.27. The highest BCUT2D eigenvalue weighted by molar-refractivity contribution is 5.76. The SMILES string of the molecule is CN1CCN(NC(=O)CC2(CN)CCCCC2)CC1. The molecule has 0 aromatic heterocycles. The Balaban J connectivity index is 1.79. The molecule has 0 radical (unpaired) electrons. The third-order valence-corrected chi connectivity index (χ3v) is 4.67. The molecule has 2 fully saturated rings. The summed E-state index contributed by atoms with van der Waals surface area (Å²) >= 11 is 0. The summed E-state index contributed by atoms with van der Waals surface area (Å²) in [5, 5.41) is 2.05. The van der Waals surface area contributed by atoms with Gasteiger partial charge in [-0.15, -0.1) is 0 Å². The zero-order valence-corrected chi connectivity index (χ0v) is 12.2. The van der Waals surface area contributed by atoms with E-state index >= 15 is 0 Å². The number of hydrazine groups is 1. The van der Waals surface area contributed by atoms with Gasteiger partial charge in [-0.2, -0.15) is 0 Å². The molecule has 19 heavy (non-hydrogen) atoms. The highest BCUT2D eigenvalue weighted by Gasteiger charge is 2.33. The first kappa shape index (κ1) is 14.8. The first-order chi connectivity index (χ1) is 9.13. The number of hydrogen-bond acceptors (Lipinski definition) is 4. The third-order valence-electron chi connectivity index (χ3n) is 4.67. The van der Waals surface area contributed by atoms with Crippen molar-refractivity contribution in [3.63, 3.8) is 0 Å². The molecule has 0 aromatic carbocycles. The predicted molar refractivity (Wildman–Crippen MR) is 76.4 cm³/mol. The Bertz CT molecular complexity index is 294. The van der Waals surface area contributed by atoms with Crippen LogP contribution in [-0.4, -0.2) is 55.6 Å². The lowest BCUT2D eigenvalue weighted by molar-refractivity contribution is -0.129. The lowest BCUT2D eigenvalue weighted by Crippen LogP contribution is -2.53. The Labute approximate surface area is 116 Å². The summed E-state index contributed by atoms with van der Waals surface area (Å²) in [6.07, 6.45) is 6.55. The fraction of sp³-hybridized carbons (Fsp3) is 0.929. The van der Waals surface area contributed by atoms with Gasteiger partial charge in [-0.25, -0.2) is 5.01 Å². The Hall–Kier alpha value is -0.650. The molecule has 0 aromatic rings. The summed E-state index contributed by atoms with van der Waals surface area (Å²) in [6.45, 7) is 4.50. The summed E-state index contributed by atoms with van der Waals surface area (Å²) in [5.74, 6) is 0.150. The average molecular weight is 268 g/mol. The van der Waals surface area contributed by atoms with E-state index in [0.29, 0.717) is 13.0 Å². The summed E-state index contributed by atoms with van der Waals surface area (Å²) in [6, 6.07) is 0. The maximum absolute atomic E-state index is 12.2. The van der Waals surface area contributed by atoms with E-state index in [1.807, 2.05) is 0 Å². The number of nitrogens with two attached hydrogens (primary N) is 1. The normalized spacial score (nSPS) is 25.2. The van der Waals surface area contributed by atoms with Crippen LogP contribution >= 0.6 is 0 Å². The van der Waals surface area contributed by atoms with Crippen LogP contribution in [0.4, 0.5) is 0 Å². The van der Waals surface area contributed by atoms with Crippen molar-refractivity contribution >= 4 is 5.91 Å². The van der Waals surface area contributed by atoms with Gasteiger partial charge in [-0.05, 0) is 31.8 Å². The molecule has 0 atom stereocenters. The molecule has 1 aliphatic heterocycles. The van der Waals surface area contributed by atoms with Crippen molar-refractivity contribution in [1.82, 2.24) is 15.3 Å². The number of likely N-dealkylation sites (N-methyl/N-ethyl adjacent to an activating group) is 1. The molecular weight excluding hydrogens is 240 g/mol. The van der Waals surface area contributed by atoms with Crippen LogP contribution in [0.2, 0.25) is 0 Å². The molecule has 1 saturated heterocycles. The van der Waals surface area contributed by atoms with Crippen LogP contribution in [-0.2, 0) is 4.79 Å². The van der Waals surface area contributed by atoms with Gasteiger partial charge in [0.25, 0.3) is 0 Å². The maximum Gasteiger partial charge on any atom is 0.234 e. The first-order valence-corrected chi connectivity index (χ1v) is 7.57. The zero-order valence-electron chi connectivity index (χ0n) is 12.2. The minimum Gasteiger partial charge on any atom is -0.330 e. The molecule has 2 aliphatic rings. The summed E-state index contributed by atoms with van der Waals surface area (Å²) in [7, 11) is 2.12. The van der Waals surface area contributed by atoms with Crippen LogP contribution in [0.15, 0.2) is 0 Å². The van der Waals surface area contributed by atoms with Crippen molar-refractivity contribution in [2.24, 2.45) is 11.1 Å². The second kappa shape index (κ2) is 6.68. The Morgan fingerprint density at radius 3 is 2.37 bits per heavy atom. The Morgan fingerprint density at radius 2 is 1.79 bits per heavy atom. The van der Waals surface area contributed by atoms with Crippen LogP contribution in [0.3, 0.4) is 0 Å². The van der Waals surface area contributed by atoms with Gasteiger partial charge >= 0.3 is 0 Å². The van der Waals surface area contributed by atoms with Crippen molar-refractivity contribution in [2.45, 2.75) is 38.5 Å². The molecule has 5 heteroatoms. The molecule has 0 spiro atoms. The monoisotopic (exact) mass is 268 g/mol. The van der Waals surface area contributed by atoms with E-state index in [9.17, 15) is 4.79 Å². The molecule has 1 aliphatic carbocycles. The van der Waals surface area contributed by atoms with Gasteiger partial charge in [0.1, 0.15) is 0 Å². The Kier molecular flexibility index (Phi) is 5.19. The minimum atomic E-state index is 0.0644. The van der Waals surface area contributed by atoms with E-state index in [-0.39, 0.29) is 11.3 Å². The number of amides is 1. The highest BCUT2D eigenvalue weighted by atomic mass is 16.2. The lowest BCUT2D eigenvalue weighted by atomic mass is 9.72. The lowest BCUT2D eigenvalue weighted by Gasteiger charge is -2.37. The average Bonchev–Trinajstić information content (AvgIpc) is 2.42. The number of nitrogens with zero attached hydrogens (tertiary/aromatic N) is 2. The highest BCUT2D eigenvalue weighted by Crippen LogP contribution is 2.38. The predicted octanol–water partition coefficient (Wildman–Crippen LogP) is 0.564. The molecule has 3 N–H and O–H groups in total. The van der Waals surface area contributed by atoms with Crippen molar-refractivity contribution in [1.29, 1.82) is 0 Å². The quantitative estimate of drug-likeness (QED) is 0.782. The summed E-state index contributed by atoms with van der Waals surface area (Å²) in [5.41, 5.74) is 9.06. The molecule has 0 bridgehead atoms. The summed E-state index contributed by atoms with van der Waals surface area (Å²) < 4.78 is 0. The second-order valence-corrected chi connectivity index (χ2v) is 6.27. The van der Waals surface area contributed by atoms with Crippen LogP contribution in [0.1, 0.15) is 38.5 Å². The largest absolute Gasteiger partial charge is 0.330 e. The first-order valence-electron chi connectivity index (χ1n) is 7.57. The molecular formula is C14H28N4O. The van der Waals surface area contributed by atoms with E-state index in [4.69, 9.17) is 5.73 Å². The van der Waals surface area contributed by atoms with Crippen LogP contribution in [0.5, 0.6) is 0 Å². The molecule has 0 unspecified atom stereocenters. The number of piperazine rings is 1. The molecule has 5 nitrogen and oxygen atoms in total. The van der Waals surface area contributed by atoms with Crippen LogP contribution in [0, 0.1) is 5.41 Å². The molecule has 1 saturated carbocycles. The summed E-state index contributed by atoms with van der Waals surface area (Å²) in [4.78, 5) is 14.5. The number of carbonyl (C=O) groups is 1. The van der Waals surface area contributed by atoms with Crippen molar-refractivity contribution < 1.29 is 4.79 Å². The van der Waals surface area contributed by atoms with Gasteiger partial charge in [0.15, 0.2) is 0 Å². The van der Waals surface area contributed by atoms with Gasteiger partial charge in [0.05, 0.1) is 0 Å². The Morgan fingerprint density at radius 1 is 1.16 bits per heavy atom.